The molecule has 0 heterocycles. The fourth-order valence-corrected chi connectivity index (χ4v) is 1.34. The lowest BCUT2D eigenvalue weighted by molar-refractivity contribution is -0.155. The average molecular weight is 258 g/mol. The van der Waals surface area contributed by atoms with Crippen LogP contribution >= 0.6 is 0 Å². The van der Waals surface area contributed by atoms with Crippen LogP contribution in [0, 0.1) is 11.8 Å². The molecule has 0 aromatic rings. The molecule has 0 saturated heterocycles. The second-order valence-corrected chi connectivity index (χ2v) is 5.11. The maximum Gasteiger partial charge on any atom is 0.308 e. The molecule has 1 unspecified atom stereocenters. The minimum absolute atomic E-state index is 0.118. The summed E-state index contributed by atoms with van der Waals surface area (Å²) in [5.74, 6) is -0.639. The van der Waals surface area contributed by atoms with Crippen molar-refractivity contribution in [3.8, 4) is 0 Å². The normalized spacial score (nSPS) is 12.6. The first-order valence-corrected chi connectivity index (χ1v) is 6.75. The van der Waals surface area contributed by atoms with Crippen LogP contribution in [0.2, 0.25) is 0 Å². The molecule has 0 rings (SSSR count). The molecule has 18 heavy (non-hydrogen) atoms. The number of esters is 2. The van der Waals surface area contributed by atoms with E-state index in [2.05, 4.69) is 0 Å². The van der Waals surface area contributed by atoms with Gasteiger partial charge in [-0.2, -0.15) is 0 Å². The van der Waals surface area contributed by atoms with E-state index >= 15 is 0 Å². The largest absolute Gasteiger partial charge is 0.465 e. The first-order chi connectivity index (χ1) is 8.38. The highest BCUT2D eigenvalue weighted by atomic mass is 16.6. The van der Waals surface area contributed by atoms with E-state index in [0.29, 0.717) is 13.0 Å². The van der Waals surface area contributed by atoms with Crippen LogP contribution in [0.5, 0.6) is 0 Å². The molecule has 0 amide bonds. The zero-order valence-corrected chi connectivity index (χ0v) is 12.2. The Morgan fingerprint density at radius 1 is 0.944 bits per heavy atom. The Kier molecular flexibility index (Phi) is 8.42. The molecule has 4 nitrogen and oxygen atoms in total. The summed E-state index contributed by atoms with van der Waals surface area (Å²) >= 11 is 0. The van der Waals surface area contributed by atoms with Gasteiger partial charge in [0.25, 0.3) is 0 Å². The third-order valence-corrected chi connectivity index (χ3v) is 2.52. The zero-order chi connectivity index (χ0) is 14.1. The highest BCUT2D eigenvalue weighted by molar-refractivity contribution is 5.72. The van der Waals surface area contributed by atoms with Crippen LogP contribution in [-0.4, -0.2) is 24.6 Å². The first-order valence-electron chi connectivity index (χ1n) is 6.75. The van der Waals surface area contributed by atoms with Crippen molar-refractivity contribution < 1.29 is 19.1 Å². The van der Waals surface area contributed by atoms with Gasteiger partial charge in [0.2, 0.25) is 0 Å². The number of hydrogen-bond acceptors (Lipinski definition) is 4. The van der Waals surface area contributed by atoms with Crippen molar-refractivity contribution in [2.75, 3.05) is 6.61 Å². The summed E-state index contributed by atoms with van der Waals surface area (Å²) in [5.41, 5.74) is 0. The molecule has 0 spiro atoms. The minimum atomic E-state index is -0.208. The molecule has 106 valence electrons. The third-order valence-electron chi connectivity index (χ3n) is 2.52. The van der Waals surface area contributed by atoms with Gasteiger partial charge in [-0.25, -0.2) is 0 Å². The molecule has 0 N–H and O–H groups in total. The lowest BCUT2D eigenvalue weighted by atomic mass is 10.1. The summed E-state index contributed by atoms with van der Waals surface area (Å²) in [7, 11) is 0. The van der Waals surface area contributed by atoms with Crippen LogP contribution in [-0.2, 0) is 19.1 Å². The predicted molar refractivity (Wildman–Crippen MR) is 70.0 cm³/mol. The molecule has 0 radical (unpaired) electrons. The lowest BCUT2D eigenvalue weighted by Crippen LogP contribution is -2.24. The van der Waals surface area contributed by atoms with Crippen LogP contribution in [0.1, 0.15) is 53.9 Å². The van der Waals surface area contributed by atoms with Crippen LogP contribution in [0.3, 0.4) is 0 Å². The van der Waals surface area contributed by atoms with Crippen molar-refractivity contribution in [3.63, 3.8) is 0 Å². The molecular formula is C14H26O4. The van der Waals surface area contributed by atoms with Crippen molar-refractivity contribution >= 4 is 11.9 Å². The summed E-state index contributed by atoms with van der Waals surface area (Å²) in [6.45, 7) is 9.56. The Morgan fingerprint density at radius 2 is 1.50 bits per heavy atom. The van der Waals surface area contributed by atoms with E-state index in [9.17, 15) is 9.59 Å². The Bertz CT molecular complexity index is 259. The Morgan fingerprint density at radius 3 is 1.94 bits per heavy atom. The molecule has 0 fully saturated rings. The van der Waals surface area contributed by atoms with Crippen molar-refractivity contribution in [2.45, 2.75) is 60.0 Å². The first kappa shape index (κ1) is 16.9. The highest BCUT2D eigenvalue weighted by Crippen LogP contribution is 2.11. The standard InChI is InChI=1S/C14H26O4/c1-6-7-12(18-14(16)11(4)5)8-9-17-13(15)10(2)3/h10-12H,6-9H2,1-5H3. The Hall–Kier alpha value is -1.06. The molecule has 4 heteroatoms. The molecular weight excluding hydrogens is 232 g/mol. The summed E-state index contributed by atoms with van der Waals surface area (Å²) < 4.78 is 10.5. The molecule has 0 aromatic heterocycles. The monoisotopic (exact) mass is 258 g/mol. The maximum atomic E-state index is 11.5. The van der Waals surface area contributed by atoms with E-state index in [0.717, 1.165) is 12.8 Å². The van der Waals surface area contributed by atoms with Gasteiger partial charge in [0, 0.05) is 6.42 Å². The zero-order valence-electron chi connectivity index (χ0n) is 12.2. The second-order valence-electron chi connectivity index (χ2n) is 5.11. The van der Waals surface area contributed by atoms with E-state index in [1.54, 1.807) is 13.8 Å². The van der Waals surface area contributed by atoms with Gasteiger partial charge in [0.1, 0.15) is 6.10 Å². The van der Waals surface area contributed by atoms with Gasteiger partial charge in [-0.3, -0.25) is 9.59 Å². The quantitative estimate of drug-likeness (QED) is 0.628. The Labute approximate surface area is 110 Å². The smallest absolute Gasteiger partial charge is 0.308 e. The fraction of sp³-hybridized carbons (Fsp3) is 0.857. The van der Waals surface area contributed by atoms with Gasteiger partial charge in [-0.1, -0.05) is 41.0 Å². The summed E-state index contributed by atoms with van der Waals surface area (Å²) in [6.07, 6.45) is 2.17. The number of ether oxygens (including phenoxy) is 2. The SMILES string of the molecule is CCCC(CCOC(=O)C(C)C)OC(=O)C(C)C. The Balaban J connectivity index is 4.04. The number of carbonyl (C=O) groups excluding carboxylic acids is 2. The van der Waals surface area contributed by atoms with Gasteiger partial charge in [0.05, 0.1) is 18.4 Å². The van der Waals surface area contributed by atoms with Gasteiger partial charge < -0.3 is 9.47 Å². The van der Waals surface area contributed by atoms with Gasteiger partial charge in [-0.15, -0.1) is 0 Å². The number of rotatable bonds is 8. The fourth-order valence-electron chi connectivity index (χ4n) is 1.34. The predicted octanol–water partition coefficient (Wildman–Crippen LogP) is 2.94. The van der Waals surface area contributed by atoms with E-state index in [-0.39, 0.29) is 29.9 Å². The number of hydrogen-bond donors (Lipinski definition) is 0. The van der Waals surface area contributed by atoms with Crippen LogP contribution in [0.15, 0.2) is 0 Å². The van der Waals surface area contributed by atoms with Crippen molar-refractivity contribution in [3.05, 3.63) is 0 Å². The van der Waals surface area contributed by atoms with Gasteiger partial charge in [-0.05, 0) is 6.42 Å². The molecule has 0 aliphatic carbocycles. The van der Waals surface area contributed by atoms with Crippen molar-refractivity contribution in [1.29, 1.82) is 0 Å². The highest BCUT2D eigenvalue weighted by Gasteiger charge is 2.17. The van der Waals surface area contributed by atoms with E-state index in [1.165, 1.54) is 0 Å². The van der Waals surface area contributed by atoms with E-state index in [1.807, 2.05) is 20.8 Å². The molecule has 1 atom stereocenters. The molecule has 0 aliphatic rings. The summed E-state index contributed by atoms with van der Waals surface area (Å²) in [6, 6.07) is 0. The molecule has 0 aliphatic heterocycles. The topological polar surface area (TPSA) is 52.6 Å². The lowest BCUT2D eigenvalue weighted by Gasteiger charge is -2.18. The third kappa shape index (κ3) is 7.30. The molecule has 0 saturated carbocycles. The van der Waals surface area contributed by atoms with Gasteiger partial charge in [0.15, 0.2) is 0 Å². The second kappa shape index (κ2) is 8.95. The van der Waals surface area contributed by atoms with Crippen LogP contribution in [0.25, 0.3) is 0 Å². The van der Waals surface area contributed by atoms with Gasteiger partial charge >= 0.3 is 11.9 Å². The van der Waals surface area contributed by atoms with E-state index in [4.69, 9.17) is 9.47 Å². The van der Waals surface area contributed by atoms with E-state index < -0.39 is 0 Å². The summed E-state index contributed by atoms with van der Waals surface area (Å²) in [5, 5.41) is 0. The maximum absolute atomic E-state index is 11.5. The molecule has 0 aromatic carbocycles. The van der Waals surface area contributed by atoms with Crippen molar-refractivity contribution in [1.82, 2.24) is 0 Å². The van der Waals surface area contributed by atoms with Crippen LogP contribution < -0.4 is 0 Å². The average Bonchev–Trinajstić information content (AvgIpc) is 2.28. The minimum Gasteiger partial charge on any atom is -0.465 e. The number of carbonyl (C=O) groups is 2. The molecule has 0 bridgehead atoms. The van der Waals surface area contributed by atoms with Crippen LogP contribution in [0.4, 0.5) is 0 Å². The summed E-state index contributed by atoms with van der Waals surface area (Å²) in [4.78, 5) is 22.8. The van der Waals surface area contributed by atoms with Crippen molar-refractivity contribution in [2.24, 2.45) is 11.8 Å².